The van der Waals surface area contributed by atoms with Gasteiger partial charge in [-0.3, -0.25) is 0 Å². The summed E-state index contributed by atoms with van der Waals surface area (Å²) in [5.74, 6) is 0. The predicted octanol–water partition coefficient (Wildman–Crippen LogP) is 18.6. The highest BCUT2D eigenvalue weighted by atomic mass is 15.2. The minimum atomic E-state index is -0.506. The molecule has 0 N–H and O–H groups in total. The van der Waals surface area contributed by atoms with Gasteiger partial charge in [0.2, 0.25) is 0 Å². The number of nitrogens with zero attached hydrogens (tertiary/aromatic N) is 2. The van der Waals surface area contributed by atoms with E-state index in [1.54, 1.807) is 0 Å². The molecule has 0 aliphatic heterocycles. The fraction of sp³-hybridized carbons (Fsp3) is 0.164. The maximum atomic E-state index is 2.43. The molecule has 1 aliphatic carbocycles. The Labute approximate surface area is 409 Å². The lowest BCUT2D eigenvalue weighted by Gasteiger charge is -2.35. The van der Waals surface area contributed by atoms with Crippen molar-refractivity contribution in [2.75, 3.05) is 9.80 Å². The molecule has 338 valence electrons. The molecule has 0 unspecified atom stereocenters. The quantitative estimate of drug-likeness (QED) is 0.128. The average molecular weight is 893 g/mol. The highest BCUT2D eigenvalue weighted by Crippen LogP contribution is 2.57. The van der Waals surface area contributed by atoms with Crippen molar-refractivity contribution < 1.29 is 0 Å². The van der Waals surface area contributed by atoms with Crippen LogP contribution in [-0.2, 0) is 17.3 Å². The zero-order valence-electron chi connectivity index (χ0n) is 40.8. The maximum Gasteiger partial charge on any atom is 0.0713 e. The van der Waals surface area contributed by atoms with E-state index in [0.717, 1.165) is 40.5 Å². The number of fused-ring (bicyclic) bond motifs is 5. The third-order valence-electron chi connectivity index (χ3n) is 14.6. The molecular formula is C67H60N2. The minimum absolute atomic E-state index is 0.0463. The summed E-state index contributed by atoms with van der Waals surface area (Å²) >= 11 is 0. The van der Waals surface area contributed by atoms with E-state index >= 15 is 0 Å². The Hall–Kier alpha value is -7.68. The molecule has 0 heterocycles. The Balaban J connectivity index is 1.05. The van der Waals surface area contributed by atoms with E-state index in [9.17, 15) is 0 Å². The lowest BCUT2D eigenvalue weighted by Crippen LogP contribution is -2.29. The smallest absolute Gasteiger partial charge is 0.0713 e. The first-order valence-electron chi connectivity index (χ1n) is 24.8. The van der Waals surface area contributed by atoms with Crippen molar-refractivity contribution >= 4 is 55.7 Å². The van der Waals surface area contributed by atoms with Gasteiger partial charge >= 0.3 is 0 Å². The summed E-state index contributed by atoms with van der Waals surface area (Å²) in [5, 5.41) is 4.89. The fourth-order valence-corrected chi connectivity index (χ4v) is 10.9. The fourth-order valence-electron chi connectivity index (χ4n) is 10.9. The van der Waals surface area contributed by atoms with Crippen LogP contribution in [0, 0.1) is 13.8 Å². The monoisotopic (exact) mass is 892 g/mol. The minimum Gasteiger partial charge on any atom is -0.310 e. The van der Waals surface area contributed by atoms with Crippen molar-refractivity contribution in [2.45, 2.75) is 71.6 Å². The van der Waals surface area contributed by atoms with E-state index in [2.05, 4.69) is 270 Å². The van der Waals surface area contributed by atoms with E-state index in [4.69, 9.17) is 0 Å². The molecule has 0 fully saturated rings. The number of rotatable bonds is 11. The van der Waals surface area contributed by atoms with E-state index < -0.39 is 5.41 Å². The Bertz CT molecular complexity index is 3410. The van der Waals surface area contributed by atoms with Gasteiger partial charge in [-0.25, -0.2) is 0 Å². The predicted molar refractivity (Wildman–Crippen MR) is 295 cm³/mol. The van der Waals surface area contributed by atoms with Crippen LogP contribution < -0.4 is 9.80 Å². The third kappa shape index (κ3) is 7.98. The Morgan fingerprint density at radius 2 is 0.783 bits per heavy atom. The van der Waals surface area contributed by atoms with E-state index in [-0.39, 0.29) is 5.41 Å². The number of aryl methyl sites for hydroxylation is 3. The molecular weight excluding hydrogens is 833 g/mol. The summed E-state index contributed by atoms with van der Waals surface area (Å²) in [6.07, 6.45) is 3.48. The second kappa shape index (κ2) is 17.8. The molecule has 10 aromatic rings. The maximum absolute atomic E-state index is 2.43. The first-order valence-corrected chi connectivity index (χ1v) is 24.8. The first kappa shape index (κ1) is 43.9. The van der Waals surface area contributed by atoms with Gasteiger partial charge < -0.3 is 9.80 Å². The molecule has 0 saturated carbocycles. The van der Waals surface area contributed by atoms with Crippen LogP contribution >= 0.6 is 0 Å². The van der Waals surface area contributed by atoms with Crippen molar-refractivity contribution in [3.8, 4) is 11.1 Å². The summed E-state index contributed by atoms with van der Waals surface area (Å²) in [6, 6.07) is 82.3. The summed E-state index contributed by atoms with van der Waals surface area (Å²) in [5.41, 5.74) is 19.3. The standard InChI is InChI=1S/C67H60N2/c1-7-8-13-48-20-30-56(31-21-48)68(60-32-22-49-14-9-11-16-51(49)44-60)58-36-38-59(39-37-58)69(61-33-23-50-15-10-12-17-52(50)45-61)57-34-28-55(29-35-57)67(54-26-24-53(25-27-54)66(4,5)6)64-42-46(2)18-40-62(64)63-41-19-47(3)43-65(63)67/h9-12,14-45H,7-8,13H2,1-6H3. The van der Waals surface area contributed by atoms with Gasteiger partial charge in [-0.15, -0.1) is 0 Å². The Morgan fingerprint density at radius 1 is 0.391 bits per heavy atom. The normalized spacial score (nSPS) is 12.8. The van der Waals surface area contributed by atoms with Crippen molar-refractivity contribution in [2.24, 2.45) is 0 Å². The van der Waals surface area contributed by atoms with E-state index in [1.165, 1.54) is 90.0 Å². The zero-order chi connectivity index (χ0) is 47.3. The van der Waals surface area contributed by atoms with Crippen LogP contribution in [0.4, 0.5) is 34.1 Å². The van der Waals surface area contributed by atoms with Gasteiger partial charge in [-0.1, -0.05) is 191 Å². The van der Waals surface area contributed by atoms with Gasteiger partial charge in [0.05, 0.1) is 5.41 Å². The van der Waals surface area contributed by atoms with Gasteiger partial charge in [0.1, 0.15) is 0 Å². The van der Waals surface area contributed by atoms with E-state index in [0.29, 0.717) is 0 Å². The Kier molecular flexibility index (Phi) is 11.3. The van der Waals surface area contributed by atoms with Gasteiger partial charge in [0, 0.05) is 34.1 Å². The molecule has 10 aromatic carbocycles. The SMILES string of the molecule is CCCCc1ccc(N(c2ccc(N(c3ccc(C4(c5ccc(C(C)(C)C)cc5)c5cc(C)ccc5-c5ccc(C)cc54)cc3)c3ccc4ccccc4c3)cc2)c2ccc3ccccc3c2)cc1. The third-order valence-corrected chi connectivity index (χ3v) is 14.6. The van der Waals surface area contributed by atoms with Crippen LogP contribution in [0.15, 0.2) is 218 Å². The highest BCUT2D eigenvalue weighted by molar-refractivity contribution is 5.92. The lowest BCUT2D eigenvalue weighted by atomic mass is 9.67. The van der Waals surface area contributed by atoms with Gasteiger partial charge in [-0.05, 0) is 171 Å². The summed E-state index contributed by atoms with van der Waals surface area (Å²) in [6.45, 7) is 13.6. The van der Waals surface area contributed by atoms with Crippen LogP contribution in [0.2, 0.25) is 0 Å². The topological polar surface area (TPSA) is 6.48 Å². The van der Waals surface area contributed by atoms with Crippen LogP contribution in [0.25, 0.3) is 32.7 Å². The second-order valence-electron chi connectivity index (χ2n) is 20.2. The average Bonchev–Trinajstić information content (AvgIpc) is 3.65. The first-order chi connectivity index (χ1) is 33.6. The molecule has 0 spiro atoms. The lowest BCUT2D eigenvalue weighted by molar-refractivity contribution is 0.589. The Morgan fingerprint density at radius 3 is 1.22 bits per heavy atom. The summed E-state index contributed by atoms with van der Waals surface area (Å²) in [4.78, 5) is 4.81. The molecule has 0 atom stereocenters. The molecule has 0 aromatic heterocycles. The van der Waals surface area contributed by atoms with Gasteiger partial charge in [0.15, 0.2) is 0 Å². The number of anilines is 6. The van der Waals surface area contributed by atoms with Gasteiger partial charge in [0.25, 0.3) is 0 Å². The van der Waals surface area contributed by atoms with Crippen molar-refractivity contribution in [1.82, 2.24) is 0 Å². The highest BCUT2D eigenvalue weighted by Gasteiger charge is 2.46. The molecule has 0 saturated heterocycles. The molecule has 0 bridgehead atoms. The van der Waals surface area contributed by atoms with Crippen LogP contribution in [0.3, 0.4) is 0 Å². The van der Waals surface area contributed by atoms with E-state index in [1.807, 2.05) is 0 Å². The number of unbranched alkanes of at least 4 members (excludes halogenated alkanes) is 1. The van der Waals surface area contributed by atoms with Crippen LogP contribution in [0.5, 0.6) is 0 Å². The van der Waals surface area contributed by atoms with Crippen molar-refractivity contribution in [3.63, 3.8) is 0 Å². The molecule has 0 radical (unpaired) electrons. The zero-order valence-corrected chi connectivity index (χ0v) is 40.8. The second-order valence-corrected chi connectivity index (χ2v) is 20.2. The molecule has 1 aliphatic rings. The van der Waals surface area contributed by atoms with Crippen LogP contribution in [-0.4, -0.2) is 0 Å². The van der Waals surface area contributed by atoms with Crippen molar-refractivity contribution in [3.05, 3.63) is 263 Å². The number of hydrogen-bond acceptors (Lipinski definition) is 2. The molecule has 11 rings (SSSR count). The largest absolute Gasteiger partial charge is 0.310 e. The number of hydrogen-bond donors (Lipinski definition) is 0. The molecule has 69 heavy (non-hydrogen) atoms. The molecule has 0 amide bonds. The number of benzene rings is 10. The molecule has 2 nitrogen and oxygen atoms in total. The molecule has 2 heteroatoms. The summed E-state index contributed by atoms with van der Waals surface area (Å²) < 4.78 is 0. The van der Waals surface area contributed by atoms with Crippen molar-refractivity contribution in [1.29, 1.82) is 0 Å². The van der Waals surface area contributed by atoms with Gasteiger partial charge in [-0.2, -0.15) is 0 Å². The summed E-state index contributed by atoms with van der Waals surface area (Å²) in [7, 11) is 0. The van der Waals surface area contributed by atoms with Crippen LogP contribution in [0.1, 0.15) is 85.0 Å².